The minimum absolute atomic E-state index is 0.0593. The molecule has 1 rings (SSSR count). The van der Waals surface area contributed by atoms with Crippen LogP contribution < -0.4 is 5.32 Å². The van der Waals surface area contributed by atoms with Crippen molar-refractivity contribution in [3.05, 3.63) is 17.8 Å². The molecule has 0 saturated carbocycles. The number of rotatable bonds is 5. The zero-order valence-electron chi connectivity index (χ0n) is 9.01. The second kappa shape index (κ2) is 5.55. The van der Waals surface area contributed by atoms with Crippen molar-refractivity contribution >= 4 is 22.6 Å². The van der Waals surface area contributed by atoms with Crippen molar-refractivity contribution in [2.24, 2.45) is 0 Å². The lowest BCUT2D eigenvalue weighted by Gasteiger charge is -2.11. The van der Waals surface area contributed by atoms with Gasteiger partial charge in [0.15, 0.2) is 5.82 Å². The van der Waals surface area contributed by atoms with E-state index in [4.69, 9.17) is 5.11 Å². The highest BCUT2D eigenvalue weighted by atomic mass is 32.2. The predicted octanol–water partition coefficient (Wildman–Crippen LogP) is 0.354. The van der Waals surface area contributed by atoms with Gasteiger partial charge in [-0.05, 0) is 13.0 Å². The van der Waals surface area contributed by atoms with Crippen molar-refractivity contribution in [3.63, 3.8) is 0 Å². The van der Waals surface area contributed by atoms with Gasteiger partial charge in [0.2, 0.25) is 0 Å². The molecule has 0 aliphatic carbocycles. The Morgan fingerprint density at radius 2 is 2.38 bits per heavy atom. The Kier molecular flexibility index (Phi) is 4.36. The van der Waals surface area contributed by atoms with Gasteiger partial charge in [-0.15, -0.1) is 5.10 Å². The van der Waals surface area contributed by atoms with Crippen LogP contribution in [0, 0.1) is 0 Å². The smallest absolute Gasteiger partial charge is 0.339 e. The summed E-state index contributed by atoms with van der Waals surface area (Å²) in [4.78, 5) is 10.8. The molecular weight excluding hydrogens is 230 g/mol. The second-order valence-electron chi connectivity index (χ2n) is 3.29. The summed E-state index contributed by atoms with van der Waals surface area (Å²) in [5, 5.41) is 18.9. The van der Waals surface area contributed by atoms with Crippen molar-refractivity contribution < 1.29 is 14.1 Å². The number of aromatic carboxylic acids is 1. The molecule has 2 N–H and O–H groups in total. The summed E-state index contributed by atoms with van der Waals surface area (Å²) in [6.45, 7) is 2.20. The van der Waals surface area contributed by atoms with Crippen molar-refractivity contribution in [3.8, 4) is 0 Å². The molecule has 6 nitrogen and oxygen atoms in total. The fourth-order valence-corrected chi connectivity index (χ4v) is 1.31. The highest BCUT2D eigenvalue weighted by Crippen LogP contribution is 2.10. The van der Waals surface area contributed by atoms with E-state index < -0.39 is 16.8 Å². The van der Waals surface area contributed by atoms with Crippen molar-refractivity contribution in [1.29, 1.82) is 0 Å². The van der Waals surface area contributed by atoms with Crippen molar-refractivity contribution in [2.75, 3.05) is 18.1 Å². The number of anilines is 1. The topological polar surface area (TPSA) is 92.2 Å². The number of nitrogens with one attached hydrogen (secondary N) is 1. The van der Waals surface area contributed by atoms with Crippen LogP contribution in [0.1, 0.15) is 17.3 Å². The zero-order chi connectivity index (χ0) is 12.1. The van der Waals surface area contributed by atoms with E-state index >= 15 is 0 Å². The van der Waals surface area contributed by atoms with Gasteiger partial charge in [-0.1, -0.05) is 0 Å². The third-order valence-corrected chi connectivity index (χ3v) is 3.37. The predicted molar refractivity (Wildman–Crippen MR) is 61.0 cm³/mol. The monoisotopic (exact) mass is 243 g/mol. The quantitative estimate of drug-likeness (QED) is 0.775. The number of carboxylic acids is 1. The second-order valence-corrected chi connectivity index (χ2v) is 5.09. The summed E-state index contributed by atoms with van der Waals surface area (Å²) in [7, 11) is -0.959. The first-order valence-electron chi connectivity index (χ1n) is 4.63. The third kappa shape index (κ3) is 3.27. The van der Waals surface area contributed by atoms with Crippen LogP contribution in [0.3, 0.4) is 0 Å². The van der Waals surface area contributed by atoms with Gasteiger partial charge in [0.25, 0.3) is 0 Å². The van der Waals surface area contributed by atoms with Crippen molar-refractivity contribution in [1.82, 2.24) is 10.2 Å². The first-order valence-corrected chi connectivity index (χ1v) is 6.25. The summed E-state index contributed by atoms with van der Waals surface area (Å²) in [6, 6.07) is 1.37. The van der Waals surface area contributed by atoms with Crippen LogP contribution in [0.15, 0.2) is 12.3 Å². The molecule has 7 heteroatoms. The molecule has 88 valence electrons. The third-order valence-electron chi connectivity index (χ3n) is 2.07. The van der Waals surface area contributed by atoms with E-state index in [1.165, 1.54) is 12.3 Å². The van der Waals surface area contributed by atoms with Gasteiger partial charge in [0.1, 0.15) is 5.56 Å². The van der Waals surface area contributed by atoms with Gasteiger partial charge >= 0.3 is 5.97 Å². The van der Waals surface area contributed by atoms with Crippen LogP contribution >= 0.6 is 0 Å². The van der Waals surface area contributed by atoms with Gasteiger partial charge in [-0.2, -0.15) is 5.10 Å². The Bertz CT molecular complexity index is 411. The zero-order valence-corrected chi connectivity index (χ0v) is 9.82. The van der Waals surface area contributed by atoms with Gasteiger partial charge in [0.05, 0.1) is 6.20 Å². The highest BCUT2D eigenvalue weighted by Gasteiger charge is 2.13. The van der Waals surface area contributed by atoms with E-state index in [1.54, 1.807) is 13.2 Å². The molecule has 1 aromatic heterocycles. The van der Waals surface area contributed by atoms with Crippen LogP contribution in [0.5, 0.6) is 0 Å². The van der Waals surface area contributed by atoms with E-state index in [-0.39, 0.29) is 16.6 Å². The van der Waals surface area contributed by atoms with E-state index in [1.807, 2.05) is 0 Å². The van der Waals surface area contributed by atoms with Crippen LogP contribution in [-0.2, 0) is 10.8 Å². The number of hydrogen-bond acceptors (Lipinski definition) is 5. The fourth-order valence-electron chi connectivity index (χ4n) is 0.993. The number of aromatic nitrogens is 2. The summed E-state index contributed by atoms with van der Waals surface area (Å²) < 4.78 is 11.1. The first-order chi connectivity index (χ1) is 7.52. The molecule has 0 saturated heterocycles. The van der Waals surface area contributed by atoms with E-state index in [0.717, 1.165) is 0 Å². The number of carbonyl (C=O) groups is 1. The maximum Gasteiger partial charge on any atom is 0.339 e. The maximum absolute atomic E-state index is 11.1. The van der Waals surface area contributed by atoms with Crippen LogP contribution in [0.4, 0.5) is 5.82 Å². The number of hydrogen-bond donors (Lipinski definition) is 2. The molecule has 0 aliphatic rings. The van der Waals surface area contributed by atoms with Crippen LogP contribution in [0.25, 0.3) is 0 Å². The molecule has 16 heavy (non-hydrogen) atoms. The molecule has 0 amide bonds. The Hall–Kier alpha value is -1.50. The van der Waals surface area contributed by atoms with E-state index in [9.17, 15) is 9.00 Å². The molecular formula is C9H13N3O3S. The molecule has 0 spiro atoms. The molecule has 0 aliphatic heterocycles. The number of nitrogens with zero attached hydrogens (tertiary/aromatic N) is 2. The fraction of sp³-hybridized carbons (Fsp3) is 0.444. The van der Waals surface area contributed by atoms with E-state index in [0.29, 0.717) is 6.54 Å². The lowest BCUT2D eigenvalue weighted by atomic mass is 10.3. The molecule has 0 bridgehead atoms. The minimum atomic E-state index is -1.07. The minimum Gasteiger partial charge on any atom is -0.478 e. The lowest BCUT2D eigenvalue weighted by molar-refractivity contribution is 0.0697. The number of carboxylic acid groups (broad SMARTS) is 1. The Balaban J connectivity index is 2.74. The first kappa shape index (κ1) is 12.6. The molecule has 1 heterocycles. The Morgan fingerprint density at radius 1 is 1.69 bits per heavy atom. The van der Waals surface area contributed by atoms with Crippen LogP contribution in [-0.4, -0.2) is 43.5 Å². The molecule has 0 radical (unpaired) electrons. The Morgan fingerprint density at radius 3 is 2.94 bits per heavy atom. The lowest BCUT2D eigenvalue weighted by Crippen LogP contribution is -2.22. The molecule has 0 fully saturated rings. The largest absolute Gasteiger partial charge is 0.478 e. The average molecular weight is 243 g/mol. The highest BCUT2D eigenvalue weighted by molar-refractivity contribution is 7.84. The standard InChI is InChI=1S/C9H13N3O3S/c1-6(16(2)15)5-10-8-7(9(13)14)3-4-11-12-8/h3-4,6H,5H2,1-2H3,(H,10,12)(H,13,14). The molecule has 1 aromatic rings. The van der Waals surface area contributed by atoms with Gasteiger partial charge in [-0.3, -0.25) is 4.21 Å². The summed E-state index contributed by atoms with van der Waals surface area (Å²) in [5.41, 5.74) is 0.0593. The van der Waals surface area contributed by atoms with Gasteiger partial charge < -0.3 is 10.4 Å². The van der Waals surface area contributed by atoms with Crippen LogP contribution in [0.2, 0.25) is 0 Å². The summed E-state index contributed by atoms with van der Waals surface area (Å²) in [5.74, 6) is -0.866. The molecule has 0 aromatic carbocycles. The SMILES string of the molecule is CC(CNc1nnccc1C(=O)O)S(C)=O. The normalized spacial score (nSPS) is 14.1. The molecule has 2 atom stereocenters. The summed E-state index contributed by atoms with van der Waals surface area (Å²) in [6.07, 6.45) is 2.91. The van der Waals surface area contributed by atoms with E-state index in [2.05, 4.69) is 15.5 Å². The van der Waals surface area contributed by atoms with Gasteiger partial charge in [-0.25, -0.2) is 4.79 Å². The summed E-state index contributed by atoms with van der Waals surface area (Å²) >= 11 is 0. The maximum atomic E-state index is 11.1. The van der Waals surface area contributed by atoms with Gasteiger partial charge in [0, 0.05) is 28.9 Å². The van der Waals surface area contributed by atoms with Crippen molar-refractivity contribution in [2.45, 2.75) is 12.2 Å². The Labute approximate surface area is 95.5 Å². The average Bonchev–Trinajstić information content (AvgIpc) is 2.25. The molecule has 2 unspecified atom stereocenters.